The fourth-order valence-corrected chi connectivity index (χ4v) is 4.19. The van der Waals surface area contributed by atoms with E-state index in [0.29, 0.717) is 51.0 Å². The maximum absolute atomic E-state index is 12.6. The molecule has 1 fully saturated rings. The molecular formula is C16H21N7O2S. The van der Waals surface area contributed by atoms with Gasteiger partial charge in [-0.25, -0.2) is 19.2 Å². The average molecular weight is 375 g/mol. The minimum absolute atomic E-state index is 0.212. The normalized spacial score (nSPS) is 19.3. The molecule has 4 rings (SSSR count). The summed E-state index contributed by atoms with van der Waals surface area (Å²) in [6.07, 6.45) is 5.64. The molecule has 1 unspecified atom stereocenters. The Balaban J connectivity index is 1.87. The van der Waals surface area contributed by atoms with Gasteiger partial charge in [0, 0.05) is 59.1 Å². The van der Waals surface area contributed by atoms with Crippen LogP contribution in [0.25, 0.3) is 11.3 Å². The van der Waals surface area contributed by atoms with Crippen molar-refractivity contribution in [2.24, 2.45) is 0 Å². The minimum atomic E-state index is -2.42. The fraction of sp³-hybridized carbons (Fsp3) is 0.438. The van der Waals surface area contributed by atoms with Gasteiger partial charge in [0.15, 0.2) is 0 Å². The molecule has 10 heteroatoms. The Bertz CT molecular complexity index is 924. The van der Waals surface area contributed by atoms with Crippen LogP contribution < -0.4 is 14.9 Å². The van der Waals surface area contributed by atoms with Crippen molar-refractivity contribution in [2.45, 2.75) is 6.42 Å². The lowest BCUT2D eigenvalue weighted by molar-refractivity contribution is 0.122. The van der Waals surface area contributed by atoms with E-state index in [1.54, 1.807) is 23.0 Å². The molecule has 2 aromatic rings. The van der Waals surface area contributed by atoms with Gasteiger partial charge in [0.25, 0.3) is 0 Å². The average Bonchev–Trinajstić information content (AvgIpc) is 3.07. The molecule has 2 aromatic heterocycles. The molecule has 0 radical (unpaired) electrons. The molecule has 0 spiro atoms. The van der Waals surface area contributed by atoms with Gasteiger partial charge in [-0.05, 0) is 12.3 Å². The molecule has 2 aliphatic heterocycles. The standard InChI is InChI=1S/C16H21N7O2S/c1-26(2,24)23-4-3-12-13(11-9-18-15(17)19-10-11)20-16(21-14(12)23)22-5-7-25-8-6-22/h9-10H,1,3-8H2,2H3,(H2,17,18,19). The van der Waals surface area contributed by atoms with Gasteiger partial charge < -0.3 is 15.4 Å². The van der Waals surface area contributed by atoms with Gasteiger partial charge in [0.2, 0.25) is 11.9 Å². The highest BCUT2D eigenvalue weighted by molar-refractivity contribution is 8.00. The van der Waals surface area contributed by atoms with Crippen LogP contribution in [0.1, 0.15) is 5.56 Å². The molecule has 138 valence electrons. The molecule has 2 aliphatic rings. The quantitative estimate of drug-likeness (QED) is 0.745. The first-order valence-corrected chi connectivity index (χ1v) is 10.4. The Morgan fingerprint density at radius 2 is 1.88 bits per heavy atom. The zero-order valence-corrected chi connectivity index (χ0v) is 15.4. The van der Waals surface area contributed by atoms with Crippen molar-refractivity contribution in [3.05, 3.63) is 18.0 Å². The summed E-state index contributed by atoms with van der Waals surface area (Å²) in [5, 5.41) is 0. The first-order valence-electron chi connectivity index (χ1n) is 8.35. The Labute approximate surface area is 152 Å². The van der Waals surface area contributed by atoms with Gasteiger partial charge in [-0.15, -0.1) is 0 Å². The van der Waals surface area contributed by atoms with E-state index in [2.05, 4.69) is 20.7 Å². The van der Waals surface area contributed by atoms with E-state index >= 15 is 0 Å². The van der Waals surface area contributed by atoms with Crippen LogP contribution in [0.15, 0.2) is 12.4 Å². The van der Waals surface area contributed by atoms with E-state index in [-0.39, 0.29) is 5.95 Å². The largest absolute Gasteiger partial charge is 0.378 e. The van der Waals surface area contributed by atoms with Crippen LogP contribution >= 0.6 is 0 Å². The number of nitrogens with zero attached hydrogens (tertiary/aromatic N) is 6. The van der Waals surface area contributed by atoms with Gasteiger partial charge in [0.1, 0.15) is 5.82 Å². The lowest BCUT2D eigenvalue weighted by Gasteiger charge is -2.28. The second-order valence-electron chi connectivity index (χ2n) is 6.42. The Kier molecular flexibility index (Phi) is 4.16. The Morgan fingerprint density at radius 3 is 2.54 bits per heavy atom. The second kappa shape index (κ2) is 6.36. The molecule has 2 N–H and O–H groups in total. The fourth-order valence-electron chi connectivity index (χ4n) is 3.20. The zero-order valence-electron chi connectivity index (χ0n) is 14.6. The molecule has 1 atom stereocenters. The molecule has 0 aliphatic carbocycles. The van der Waals surface area contributed by atoms with Crippen LogP contribution in [0.5, 0.6) is 0 Å². The molecule has 4 heterocycles. The van der Waals surface area contributed by atoms with Crippen molar-refractivity contribution in [2.75, 3.05) is 54.0 Å². The second-order valence-corrected chi connectivity index (χ2v) is 8.77. The van der Waals surface area contributed by atoms with E-state index in [1.807, 2.05) is 0 Å². The summed E-state index contributed by atoms with van der Waals surface area (Å²) in [4.78, 5) is 19.7. The van der Waals surface area contributed by atoms with Crippen molar-refractivity contribution in [1.29, 1.82) is 0 Å². The third-order valence-electron chi connectivity index (χ3n) is 4.48. The molecule has 0 amide bonds. The van der Waals surface area contributed by atoms with Gasteiger partial charge in [0.05, 0.1) is 18.9 Å². The summed E-state index contributed by atoms with van der Waals surface area (Å²) in [5.41, 5.74) is 8.07. The third-order valence-corrected chi connectivity index (χ3v) is 5.77. The number of nitrogen functional groups attached to an aromatic ring is 1. The van der Waals surface area contributed by atoms with E-state index in [4.69, 9.17) is 20.4 Å². The molecule has 0 aromatic carbocycles. The van der Waals surface area contributed by atoms with Crippen molar-refractivity contribution in [3.8, 4) is 11.3 Å². The number of hydrogen-bond donors (Lipinski definition) is 1. The number of rotatable bonds is 3. The van der Waals surface area contributed by atoms with E-state index in [1.165, 1.54) is 0 Å². The lowest BCUT2D eigenvalue weighted by Crippen LogP contribution is -2.38. The first-order chi connectivity index (χ1) is 12.4. The Hall–Kier alpha value is -2.46. The number of hydrogen-bond acceptors (Lipinski definition) is 8. The monoisotopic (exact) mass is 375 g/mol. The van der Waals surface area contributed by atoms with Crippen LogP contribution in [-0.4, -0.2) is 69.1 Å². The predicted octanol–water partition coefficient (Wildman–Crippen LogP) is -0.0239. The summed E-state index contributed by atoms with van der Waals surface area (Å²) in [6.45, 7) is 3.28. The van der Waals surface area contributed by atoms with Gasteiger partial charge >= 0.3 is 0 Å². The topological polar surface area (TPSA) is 110 Å². The summed E-state index contributed by atoms with van der Waals surface area (Å²) in [7, 11) is -2.42. The van der Waals surface area contributed by atoms with Crippen LogP contribution in [-0.2, 0) is 20.9 Å². The molecule has 1 saturated heterocycles. The molecule has 0 bridgehead atoms. The van der Waals surface area contributed by atoms with Gasteiger partial charge in [-0.2, -0.15) is 4.98 Å². The Morgan fingerprint density at radius 1 is 1.19 bits per heavy atom. The van der Waals surface area contributed by atoms with E-state index in [0.717, 1.165) is 16.8 Å². The van der Waals surface area contributed by atoms with Gasteiger partial charge in [-0.1, -0.05) is 0 Å². The first kappa shape index (κ1) is 17.0. The predicted molar refractivity (Wildman–Crippen MR) is 103 cm³/mol. The van der Waals surface area contributed by atoms with Crippen LogP contribution in [0, 0.1) is 0 Å². The molecule has 26 heavy (non-hydrogen) atoms. The van der Waals surface area contributed by atoms with Crippen molar-refractivity contribution < 1.29 is 8.95 Å². The van der Waals surface area contributed by atoms with Crippen molar-refractivity contribution in [1.82, 2.24) is 19.9 Å². The summed E-state index contributed by atoms with van der Waals surface area (Å²) in [5.74, 6) is 5.31. The number of aromatic nitrogens is 4. The van der Waals surface area contributed by atoms with Crippen molar-refractivity contribution in [3.63, 3.8) is 0 Å². The summed E-state index contributed by atoms with van der Waals surface area (Å²) < 4.78 is 19.8. The van der Waals surface area contributed by atoms with Gasteiger partial charge in [-0.3, -0.25) is 4.31 Å². The number of nitrogens with two attached hydrogens (primary N) is 1. The number of anilines is 3. The van der Waals surface area contributed by atoms with Crippen LogP contribution in [0.4, 0.5) is 17.7 Å². The number of morpholine rings is 1. The highest BCUT2D eigenvalue weighted by Crippen LogP contribution is 2.36. The minimum Gasteiger partial charge on any atom is -0.378 e. The van der Waals surface area contributed by atoms with E-state index < -0.39 is 9.71 Å². The number of ether oxygens (including phenoxy) is 1. The molecule has 9 nitrogen and oxygen atoms in total. The van der Waals surface area contributed by atoms with E-state index in [9.17, 15) is 4.21 Å². The SMILES string of the molecule is C=S(C)(=O)N1CCc2c(-c3cnc(N)nc3)nc(N3CCOCC3)nc21. The molecule has 0 saturated carbocycles. The smallest absolute Gasteiger partial charge is 0.228 e. The lowest BCUT2D eigenvalue weighted by atomic mass is 10.1. The summed E-state index contributed by atoms with van der Waals surface area (Å²) >= 11 is 0. The zero-order chi connectivity index (χ0) is 18.3. The maximum atomic E-state index is 12.6. The highest BCUT2D eigenvalue weighted by atomic mass is 32.2. The summed E-state index contributed by atoms with van der Waals surface area (Å²) in [6, 6.07) is 0. The van der Waals surface area contributed by atoms with Crippen LogP contribution in [0.2, 0.25) is 0 Å². The third kappa shape index (κ3) is 3.06. The van der Waals surface area contributed by atoms with Crippen molar-refractivity contribution >= 4 is 33.3 Å². The van der Waals surface area contributed by atoms with Crippen LogP contribution in [0.3, 0.4) is 0 Å². The molecular weight excluding hydrogens is 354 g/mol. The highest BCUT2D eigenvalue weighted by Gasteiger charge is 2.30. The number of fused-ring (bicyclic) bond motifs is 1. The maximum Gasteiger partial charge on any atom is 0.228 e.